The summed E-state index contributed by atoms with van der Waals surface area (Å²) in [4.78, 5) is 16.2. The molecule has 1 aromatic heterocycles. The molecule has 1 aliphatic carbocycles. The Morgan fingerprint density at radius 1 is 1.19 bits per heavy atom. The highest BCUT2D eigenvalue weighted by Gasteiger charge is 2.21. The van der Waals surface area contributed by atoms with Crippen molar-refractivity contribution in [3.8, 4) is 0 Å². The Hall–Kier alpha value is -2.36. The van der Waals surface area contributed by atoms with Crippen molar-refractivity contribution in [2.75, 3.05) is 11.9 Å². The zero-order chi connectivity index (χ0) is 14.5. The molecule has 1 heterocycles. The van der Waals surface area contributed by atoms with Crippen LogP contribution in [0.1, 0.15) is 28.9 Å². The SMILES string of the molecule is O=C(NCCc1ccccc1)c1cc(NC2CC2)ccn1. The third-order valence-electron chi connectivity index (χ3n) is 3.48. The van der Waals surface area contributed by atoms with Crippen LogP contribution in [0.15, 0.2) is 48.7 Å². The van der Waals surface area contributed by atoms with E-state index in [0.717, 1.165) is 12.1 Å². The van der Waals surface area contributed by atoms with Crippen LogP contribution in [0.5, 0.6) is 0 Å². The summed E-state index contributed by atoms with van der Waals surface area (Å²) in [5.74, 6) is -0.120. The molecule has 0 saturated heterocycles. The first-order valence-corrected chi connectivity index (χ1v) is 7.36. The van der Waals surface area contributed by atoms with E-state index in [9.17, 15) is 4.79 Å². The normalized spacial score (nSPS) is 13.7. The van der Waals surface area contributed by atoms with Gasteiger partial charge in [0, 0.05) is 24.5 Å². The van der Waals surface area contributed by atoms with Crippen molar-refractivity contribution in [2.24, 2.45) is 0 Å². The highest BCUT2D eigenvalue weighted by Crippen LogP contribution is 2.24. The smallest absolute Gasteiger partial charge is 0.269 e. The zero-order valence-electron chi connectivity index (χ0n) is 11.9. The summed E-state index contributed by atoms with van der Waals surface area (Å²) in [6, 6.07) is 14.4. The van der Waals surface area contributed by atoms with Crippen LogP contribution in [0.4, 0.5) is 5.69 Å². The largest absolute Gasteiger partial charge is 0.382 e. The summed E-state index contributed by atoms with van der Waals surface area (Å²) >= 11 is 0. The zero-order valence-corrected chi connectivity index (χ0v) is 11.9. The van der Waals surface area contributed by atoms with E-state index in [1.807, 2.05) is 30.3 Å². The maximum absolute atomic E-state index is 12.1. The second kappa shape index (κ2) is 6.39. The molecular weight excluding hydrogens is 262 g/mol. The first-order chi connectivity index (χ1) is 10.3. The van der Waals surface area contributed by atoms with E-state index < -0.39 is 0 Å². The molecule has 0 atom stereocenters. The Labute approximate surface area is 124 Å². The van der Waals surface area contributed by atoms with E-state index in [0.29, 0.717) is 18.3 Å². The van der Waals surface area contributed by atoms with Crippen LogP contribution in [0.25, 0.3) is 0 Å². The number of carbonyl (C=O) groups excluding carboxylic acids is 1. The molecule has 1 saturated carbocycles. The highest BCUT2D eigenvalue weighted by molar-refractivity contribution is 5.93. The van der Waals surface area contributed by atoms with Crippen molar-refractivity contribution in [2.45, 2.75) is 25.3 Å². The number of pyridine rings is 1. The van der Waals surface area contributed by atoms with Gasteiger partial charge in [-0.3, -0.25) is 9.78 Å². The maximum atomic E-state index is 12.1. The number of benzene rings is 1. The summed E-state index contributed by atoms with van der Waals surface area (Å²) in [5.41, 5.74) is 2.66. The minimum atomic E-state index is -0.120. The lowest BCUT2D eigenvalue weighted by Crippen LogP contribution is -2.26. The minimum Gasteiger partial charge on any atom is -0.382 e. The first-order valence-electron chi connectivity index (χ1n) is 7.36. The van der Waals surface area contributed by atoms with Gasteiger partial charge in [0.2, 0.25) is 0 Å². The van der Waals surface area contributed by atoms with Crippen molar-refractivity contribution in [1.82, 2.24) is 10.3 Å². The van der Waals surface area contributed by atoms with Crippen molar-refractivity contribution < 1.29 is 4.79 Å². The fourth-order valence-electron chi connectivity index (χ4n) is 2.16. The molecule has 0 radical (unpaired) electrons. The van der Waals surface area contributed by atoms with E-state index in [1.165, 1.54) is 18.4 Å². The number of carbonyl (C=O) groups is 1. The maximum Gasteiger partial charge on any atom is 0.269 e. The molecule has 1 aliphatic rings. The molecule has 0 bridgehead atoms. The third-order valence-corrected chi connectivity index (χ3v) is 3.48. The average molecular weight is 281 g/mol. The van der Waals surface area contributed by atoms with Gasteiger partial charge in [0.05, 0.1) is 0 Å². The topological polar surface area (TPSA) is 54.0 Å². The van der Waals surface area contributed by atoms with E-state index in [4.69, 9.17) is 0 Å². The number of anilines is 1. The van der Waals surface area contributed by atoms with Crippen LogP contribution in [-0.2, 0) is 6.42 Å². The van der Waals surface area contributed by atoms with Crippen LogP contribution < -0.4 is 10.6 Å². The molecule has 2 N–H and O–H groups in total. The van der Waals surface area contributed by atoms with Crippen LogP contribution in [0.2, 0.25) is 0 Å². The number of rotatable bonds is 6. The summed E-state index contributed by atoms with van der Waals surface area (Å²) in [7, 11) is 0. The molecule has 1 aromatic carbocycles. The van der Waals surface area contributed by atoms with Crippen LogP contribution in [0.3, 0.4) is 0 Å². The van der Waals surface area contributed by atoms with Gasteiger partial charge in [-0.1, -0.05) is 30.3 Å². The monoisotopic (exact) mass is 281 g/mol. The molecule has 2 aromatic rings. The summed E-state index contributed by atoms with van der Waals surface area (Å²) in [6.45, 7) is 0.616. The molecule has 0 aliphatic heterocycles. The summed E-state index contributed by atoms with van der Waals surface area (Å²) < 4.78 is 0. The van der Waals surface area contributed by atoms with Gasteiger partial charge in [-0.15, -0.1) is 0 Å². The predicted octanol–water partition coefficient (Wildman–Crippen LogP) is 2.63. The summed E-state index contributed by atoms with van der Waals surface area (Å²) in [6.07, 6.45) is 4.92. The Balaban J connectivity index is 1.52. The van der Waals surface area contributed by atoms with Gasteiger partial charge in [0.1, 0.15) is 5.69 Å². The van der Waals surface area contributed by atoms with Crippen molar-refractivity contribution in [3.05, 3.63) is 59.9 Å². The van der Waals surface area contributed by atoms with Gasteiger partial charge in [0.15, 0.2) is 0 Å². The number of hydrogen-bond acceptors (Lipinski definition) is 3. The fourth-order valence-corrected chi connectivity index (χ4v) is 2.16. The summed E-state index contributed by atoms with van der Waals surface area (Å²) in [5, 5.41) is 6.29. The first kappa shape index (κ1) is 13.6. The quantitative estimate of drug-likeness (QED) is 0.856. The predicted molar refractivity (Wildman–Crippen MR) is 83.4 cm³/mol. The van der Waals surface area contributed by atoms with Gasteiger partial charge in [0.25, 0.3) is 5.91 Å². The van der Waals surface area contributed by atoms with Crippen LogP contribution in [0, 0.1) is 0 Å². The Morgan fingerprint density at radius 3 is 2.76 bits per heavy atom. The minimum absolute atomic E-state index is 0.120. The molecule has 108 valence electrons. The number of hydrogen-bond donors (Lipinski definition) is 2. The van der Waals surface area contributed by atoms with E-state index in [2.05, 4.69) is 27.8 Å². The number of aromatic nitrogens is 1. The van der Waals surface area contributed by atoms with Gasteiger partial charge in [-0.05, 0) is 37.0 Å². The average Bonchev–Trinajstić information content (AvgIpc) is 3.32. The number of amides is 1. The molecule has 0 spiro atoms. The van der Waals surface area contributed by atoms with Crippen molar-refractivity contribution in [1.29, 1.82) is 0 Å². The van der Waals surface area contributed by atoms with Crippen molar-refractivity contribution >= 4 is 11.6 Å². The Kier molecular flexibility index (Phi) is 4.15. The highest BCUT2D eigenvalue weighted by atomic mass is 16.1. The second-order valence-corrected chi connectivity index (χ2v) is 5.34. The lowest BCUT2D eigenvalue weighted by molar-refractivity contribution is 0.0949. The molecule has 0 unspecified atom stereocenters. The standard InChI is InChI=1S/C17H19N3O/c21-17(19-10-8-13-4-2-1-3-5-13)16-12-15(9-11-18-16)20-14-6-7-14/h1-5,9,11-12,14H,6-8,10H2,(H,18,20)(H,19,21). The van der Waals surface area contributed by atoms with Gasteiger partial charge in [-0.2, -0.15) is 0 Å². The van der Waals surface area contributed by atoms with Crippen molar-refractivity contribution in [3.63, 3.8) is 0 Å². The molecule has 4 heteroatoms. The molecule has 1 amide bonds. The molecule has 4 nitrogen and oxygen atoms in total. The van der Waals surface area contributed by atoms with E-state index in [1.54, 1.807) is 6.20 Å². The van der Waals surface area contributed by atoms with E-state index >= 15 is 0 Å². The Morgan fingerprint density at radius 2 is 2.00 bits per heavy atom. The number of nitrogens with one attached hydrogen (secondary N) is 2. The second-order valence-electron chi connectivity index (χ2n) is 5.34. The molecular formula is C17H19N3O. The van der Waals surface area contributed by atoms with Gasteiger partial charge >= 0.3 is 0 Å². The van der Waals surface area contributed by atoms with Gasteiger partial charge in [-0.25, -0.2) is 0 Å². The lowest BCUT2D eigenvalue weighted by atomic mass is 10.1. The molecule has 21 heavy (non-hydrogen) atoms. The third kappa shape index (κ3) is 4.05. The van der Waals surface area contributed by atoms with Crippen LogP contribution in [-0.4, -0.2) is 23.5 Å². The Bertz CT molecular complexity index is 608. The van der Waals surface area contributed by atoms with E-state index in [-0.39, 0.29) is 5.91 Å². The van der Waals surface area contributed by atoms with Gasteiger partial charge < -0.3 is 10.6 Å². The molecule has 3 rings (SSSR count). The van der Waals surface area contributed by atoms with Crippen LogP contribution >= 0.6 is 0 Å². The lowest BCUT2D eigenvalue weighted by Gasteiger charge is -2.07. The number of nitrogens with zero attached hydrogens (tertiary/aromatic N) is 1. The molecule has 1 fully saturated rings. The fraction of sp³-hybridized carbons (Fsp3) is 0.294.